The van der Waals surface area contributed by atoms with E-state index in [0.717, 1.165) is 23.5 Å². The highest BCUT2D eigenvalue weighted by molar-refractivity contribution is 7.71. The Kier molecular flexibility index (Phi) is 5.28. The number of aryl methyl sites for hydroxylation is 1. The van der Waals surface area contributed by atoms with Crippen LogP contribution in [0.15, 0.2) is 28.1 Å². The molecule has 0 aliphatic carbocycles. The molecule has 2 rings (SSSR count). The van der Waals surface area contributed by atoms with Crippen molar-refractivity contribution in [3.05, 3.63) is 44.6 Å². The van der Waals surface area contributed by atoms with Crippen LogP contribution in [0.5, 0.6) is 5.75 Å². The lowest BCUT2D eigenvalue weighted by Crippen LogP contribution is -2.22. The summed E-state index contributed by atoms with van der Waals surface area (Å²) in [4.78, 5) is 14.1. The van der Waals surface area contributed by atoms with Gasteiger partial charge in [-0.05, 0) is 45.1 Å². The van der Waals surface area contributed by atoms with Gasteiger partial charge in [-0.25, -0.2) is 0 Å². The molecule has 0 bridgehead atoms. The number of H-pyrrole nitrogens is 1. The van der Waals surface area contributed by atoms with Gasteiger partial charge in [0.25, 0.3) is 5.56 Å². The highest BCUT2D eigenvalue weighted by atomic mass is 32.1. The van der Waals surface area contributed by atoms with E-state index in [1.54, 1.807) is 19.1 Å². The molecule has 0 atom stereocenters. The van der Waals surface area contributed by atoms with Gasteiger partial charge < -0.3 is 10.0 Å². The number of aromatic amines is 1. The quantitative estimate of drug-likeness (QED) is 0.646. The van der Waals surface area contributed by atoms with Crippen molar-refractivity contribution >= 4 is 24.1 Å². The van der Waals surface area contributed by atoms with Gasteiger partial charge in [-0.3, -0.25) is 9.89 Å². The van der Waals surface area contributed by atoms with E-state index in [1.165, 1.54) is 6.21 Å². The maximum absolute atomic E-state index is 11.9. The van der Waals surface area contributed by atoms with Crippen LogP contribution in [-0.2, 0) is 0 Å². The van der Waals surface area contributed by atoms with Gasteiger partial charge in [0.05, 0.1) is 6.21 Å². The molecule has 8 heteroatoms. The van der Waals surface area contributed by atoms with Crippen LogP contribution in [0.1, 0.15) is 25.1 Å². The molecule has 2 N–H and O–H groups in total. The third-order valence-corrected chi connectivity index (χ3v) is 3.73. The summed E-state index contributed by atoms with van der Waals surface area (Å²) in [6.07, 6.45) is 1.39. The minimum absolute atomic E-state index is 0.0897. The average Bonchev–Trinajstić information content (AvgIpc) is 2.54. The molecule has 0 unspecified atom stereocenters. The van der Waals surface area contributed by atoms with Crippen molar-refractivity contribution in [1.82, 2.24) is 14.9 Å². The zero-order chi connectivity index (χ0) is 17.0. The number of nitrogens with one attached hydrogen (secondary N) is 1. The molecule has 0 radical (unpaired) electrons. The zero-order valence-corrected chi connectivity index (χ0v) is 14.1. The van der Waals surface area contributed by atoms with E-state index in [4.69, 9.17) is 12.2 Å². The molecule has 122 valence electrons. The number of aromatic nitrogens is 3. The Morgan fingerprint density at radius 1 is 1.43 bits per heavy atom. The highest BCUT2D eigenvalue weighted by Crippen LogP contribution is 2.23. The summed E-state index contributed by atoms with van der Waals surface area (Å²) in [5.74, 6) is 0.0897. The number of nitrogens with zero attached hydrogens (tertiary/aromatic N) is 4. The van der Waals surface area contributed by atoms with Crippen molar-refractivity contribution in [2.45, 2.75) is 20.8 Å². The molecule has 1 aromatic carbocycles. The second-order valence-corrected chi connectivity index (χ2v) is 5.28. The molecule has 1 aromatic heterocycles. The van der Waals surface area contributed by atoms with E-state index < -0.39 is 5.56 Å². The summed E-state index contributed by atoms with van der Waals surface area (Å²) < 4.78 is 1.13. The minimum Gasteiger partial charge on any atom is -0.507 e. The van der Waals surface area contributed by atoms with Crippen molar-refractivity contribution in [2.75, 3.05) is 18.0 Å². The standard InChI is InChI=1S/C15H19N5O2S/c1-4-19(5-2)12-7-6-11(13(21)8-12)9-16-20-14(22)10(3)17-18-15(20)23/h6-9,21H,4-5H2,1-3H3,(H,18,23)/b16-9+. The molecule has 7 nitrogen and oxygen atoms in total. The number of hydrogen-bond acceptors (Lipinski definition) is 6. The molecule has 0 aliphatic heterocycles. The fourth-order valence-electron chi connectivity index (χ4n) is 2.12. The maximum atomic E-state index is 11.9. The molecule has 0 saturated heterocycles. The van der Waals surface area contributed by atoms with Gasteiger partial charge in [0.2, 0.25) is 4.77 Å². The maximum Gasteiger partial charge on any atom is 0.296 e. The minimum atomic E-state index is -0.399. The number of anilines is 1. The first kappa shape index (κ1) is 16.9. The van der Waals surface area contributed by atoms with Crippen LogP contribution in [0.4, 0.5) is 5.69 Å². The van der Waals surface area contributed by atoms with E-state index in [1.807, 2.05) is 6.07 Å². The number of phenolic OH excluding ortho intramolecular Hbond substituents is 1. The summed E-state index contributed by atoms with van der Waals surface area (Å²) in [7, 11) is 0. The largest absolute Gasteiger partial charge is 0.507 e. The smallest absolute Gasteiger partial charge is 0.296 e. The second-order valence-electron chi connectivity index (χ2n) is 4.89. The summed E-state index contributed by atoms with van der Waals surface area (Å²) in [5.41, 5.74) is 1.29. The predicted octanol–water partition coefficient (Wildman–Crippen LogP) is 2.04. The number of phenols is 1. The van der Waals surface area contributed by atoms with Crippen molar-refractivity contribution in [1.29, 1.82) is 0 Å². The lowest BCUT2D eigenvalue weighted by molar-refractivity contribution is 0.474. The SMILES string of the molecule is CCN(CC)c1ccc(/C=N/n2c(=S)[nH]nc(C)c2=O)c(O)c1. The van der Waals surface area contributed by atoms with Gasteiger partial charge >= 0.3 is 0 Å². The summed E-state index contributed by atoms with van der Waals surface area (Å²) in [6, 6.07) is 5.32. The normalized spacial score (nSPS) is 11.1. The van der Waals surface area contributed by atoms with Crippen molar-refractivity contribution < 1.29 is 5.11 Å². The van der Waals surface area contributed by atoms with Crippen LogP contribution < -0.4 is 10.5 Å². The van der Waals surface area contributed by atoms with Crippen LogP contribution in [0.25, 0.3) is 0 Å². The topological polar surface area (TPSA) is 86.5 Å². The summed E-state index contributed by atoms with van der Waals surface area (Å²) in [6.45, 7) is 7.37. The van der Waals surface area contributed by atoms with Gasteiger partial charge in [0.15, 0.2) is 0 Å². The molecule has 23 heavy (non-hydrogen) atoms. The Morgan fingerprint density at radius 3 is 2.74 bits per heavy atom. The van der Waals surface area contributed by atoms with E-state index >= 15 is 0 Å². The number of rotatable bonds is 5. The molecule has 2 aromatic rings. The van der Waals surface area contributed by atoms with E-state index in [-0.39, 0.29) is 16.2 Å². The van der Waals surface area contributed by atoms with Crippen molar-refractivity contribution in [3.8, 4) is 5.75 Å². The van der Waals surface area contributed by atoms with Crippen LogP contribution in [0.3, 0.4) is 0 Å². The van der Waals surface area contributed by atoms with Crippen molar-refractivity contribution in [2.24, 2.45) is 5.10 Å². The monoisotopic (exact) mass is 333 g/mol. The third-order valence-electron chi connectivity index (χ3n) is 3.47. The van der Waals surface area contributed by atoms with E-state index in [0.29, 0.717) is 5.56 Å². The fourth-order valence-corrected chi connectivity index (χ4v) is 2.30. The van der Waals surface area contributed by atoms with E-state index in [2.05, 4.69) is 34.0 Å². The van der Waals surface area contributed by atoms with Crippen LogP contribution in [-0.4, -0.2) is 39.3 Å². The molecule has 0 amide bonds. The third kappa shape index (κ3) is 3.65. The molecule has 0 spiro atoms. The van der Waals surface area contributed by atoms with Gasteiger partial charge in [-0.2, -0.15) is 14.9 Å². The van der Waals surface area contributed by atoms with Crippen LogP contribution in [0, 0.1) is 11.7 Å². The molecule has 0 aliphatic rings. The number of benzene rings is 1. The summed E-state index contributed by atoms with van der Waals surface area (Å²) in [5, 5.41) is 20.5. The molecule has 1 heterocycles. The Labute approximate surface area is 138 Å². The molecule has 0 saturated carbocycles. The Bertz CT molecular complexity index is 836. The van der Waals surface area contributed by atoms with Gasteiger partial charge in [-0.1, -0.05) is 0 Å². The molecule has 0 fully saturated rings. The Morgan fingerprint density at radius 2 is 2.13 bits per heavy atom. The first-order valence-electron chi connectivity index (χ1n) is 7.28. The van der Waals surface area contributed by atoms with Crippen molar-refractivity contribution in [3.63, 3.8) is 0 Å². The Balaban J connectivity index is 2.36. The lowest BCUT2D eigenvalue weighted by Gasteiger charge is -2.21. The van der Waals surface area contributed by atoms with E-state index in [9.17, 15) is 9.90 Å². The highest BCUT2D eigenvalue weighted by Gasteiger charge is 2.06. The van der Waals surface area contributed by atoms with Gasteiger partial charge in [-0.15, -0.1) is 0 Å². The summed E-state index contributed by atoms with van der Waals surface area (Å²) >= 11 is 5.00. The second kappa shape index (κ2) is 7.19. The fraction of sp³-hybridized carbons (Fsp3) is 0.333. The first-order chi connectivity index (χ1) is 11.0. The number of hydrogen-bond donors (Lipinski definition) is 2. The molecular formula is C15H19N5O2S. The van der Waals surface area contributed by atoms with Gasteiger partial charge in [0.1, 0.15) is 11.4 Å². The lowest BCUT2D eigenvalue weighted by atomic mass is 10.2. The van der Waals surface area contributed by atoms with Crippen LogP contribution >= 0.6 is 12.2 Å². The first-order valence-corrected chi connectivity index (χ1v) is 7.69. The predicted molar refractivity (Wildman–Crippen MR) is 93.1 cm³/mol. The zero-order valence-electron chi connectivity index (χ0n) is 13.3. The van der Waals surface area contributed by atoms with Crippen LogP contribution in [0.2, 0.25) is 0 Å². The Hall–Kier alpha value is -2.48. The van der Waals surface area contributed by atoms with Gasteiger partial charge in [0, 0.05) is 30.4 Å². The average molecular weight is 333 g/mol. The molecular weight excluding hydrogens is 314 g/mol. The number of aromatic hydroxyl groups is 1.